The fourth-order valence-electron chi connectivity index (χ4n) is 2.68. The molecule has 0 saturated carbocycles. The zero-order valence-corrected chi connectivity index (χ0v) is 14.0. The van der Waals surface area contributed by atoms with Crippen molar-refractivity contribution in [2.24, 2.45) is 0 Å². The number of fused-ring (bicyclic) bond motifs is 1. The van der Waals surface area contributed by atoms with Crippen LogP contribution >= 0.6 is 11.3 Å². The van der Waals surface area contributed by atoms with E-state index in [-0.39, 0.29) is 11.9 Å². The Labute approximate surface area is 134 Å². The molecule has 0 fully saturated rings. The first-order chi connectivity index (χ1) is 10.5. The number of amides is 1. The van der Waals surface area contributed by atoms with Crippen LogP contribution in [0.1, 0.15) is 61.5 Å². The summed E-state index contributed by atoms with van der Waals surface area (Å²) in [5.74, 6) is 2.25. The second-order valence-electron chi connectivity index (χ2n) is 6.03. The minimum absolute atomic E-state index is 0.0246. The lowest BCUT2D eigenvalue weighted by atomic mass is 10.2. The summed E-state index contributed by atoms with van der Waals surface area (Å²) in [4.78, 5) is 16.7. The smallest absolute Gasteiger partial charge is 0.226 e. The van der Waals surface area contributed by atoms with Gasteiger partial charge in [-0.05, 0) is 13.3 Å². The van der Waals surface area contributed by atoms with Crippen molar-refractivity contribution in [2.45, 2.75) is 58.5 Å². The number of rotatable bonds is 5. The van der Waals surface area contributed by atoms with E-state index in [2.05, 4.69) is 38.9 Å². The number of aromatic nitrogens is 4. The second-order valence-corrected chi connectivity index (χ2v) is 6.92. The van der Waals surface area contributed by atoms with Crippen LogP contribution in [0.4, 0.5) is 0 Å². The number of carbonyl (C=O) groups is 1. The van der Waals surface area contributed by atoms with Gasteiger partial charge in [-0.15, -0.1) is 21.5 Å². The fraction of sp³-hybridized carbons (Fsp3) is 0.600. The van der Waals surface area contributed by atoms with E-state index >= 15 is 0 Å². The number of thiazole rings is 1. The quantitative estimate of drug-likeness (QED) is 0.917. The predicted molar refractivity (Wildman–Crippen MR) is 84.8 cm³/mol. The third-order valence-corrected chi connectivity index (χ3v) is 5.00. The molecule has 1 aliphatic rings. The maximum absolute atomic E-state index is 12.2. The summed E-state index contributed by atoms with van der Waals surface area (Å²) in [6.07, 6.45) is 2.40. The van der Waals surface area contributed by atoms with Crippen LogP contribution in [0.25, 0.3) is 0 Å². The molecule has 0 saturated heterocycles. The summed E-state index contributed by atoms with van der Waals surface area (Å²) in [5.41, 5.74) is 0.838. The Morgan fingerprint density at radius 3 is 2.95 bits per heavy atom. The summed E-state index contributed by atoms with van der Waals surface area (Å²) in [6.45, 7) is 7.11. The van der Waals surface area contributed by atoms with E-state index in [1.54, 1.807) is 11.3 Å². The van der Waals surface area contributed by atoms with Crippen LogP contribution in [-0.4, -0.2) is 25.7 Å². The van der Waals surface area contributed by atoms with Gasteiger partial charge in [0.15, 0.2) is 5.82 Å². The van der Waals surface area contributed by atoms with Crippen molar-refractivity contribution in [3.8, 4) is 0 Å². The van der Waals surface area contributed by atoms with Crippen LogP contribution in [-0.2, 0) is 24.2 Å². The molecule has 1 amide bonds. The third-order valence-electron chi connectivity index (χ3n) is 3.81. The lowest BCUT2D eigenvalue weighted by Crippen LogP contribution is -2.30. The Balaban J connectivity index is 1.61. The molecule has 3 rings (SSSR count). The van der Waals surface area contributed by atoms with E-state index < -0.39 is 0 Å². The molecule has 118 valence electrons. The fourth-order valence-corrected chi connectivity index (χ4v) is 3.52. The minimum Gasteiger partial charge on any atom is -0.346 e. The largest absolute Gasteiger partial charge is 0.346 e. The lowest BCUT2D eigenvalue weighted by molar-refractivity contribution is -0.121. The molecule has 7 heteroatoms. The van der Waals surface area contributed by atoms with Crippen molar-refractivity contribution in [1.82, 2.24) is 25.1 Å². The zero-order valence-electron chi connectivity index (χ0n) is 13.2. The Kier molecular flexibility index (Phi) is 4.24. The molecule has 3 heterocycles. The molecule has 0 spiro atoms. The number of carbonyl (C=O) groups excluding carboxylic acids is 1. The predicted octanol–water partition coefficient (Wildman–Crippen LogP) is 2.22. The normalized spacial score (nSPS) is 15.1. The average Bonchev–Trinajstić information content (AvgIpc) is 3.13. The van der Waals surface area contributed by atoms with Gasteiger partial charge in [0.2, 0.25) is 5.91 Å². The van der Waals surface area contributed by atoms with E-state index in [0.717, 1.165) is 41.7 Å². The van der Waals surface area contributed by atoms with Gasteiger partial charge in [0.05, 0.1) is 23.2 Å². The first-order valence-corrected chi connectivity index (χ1v) is 8.58. The van der Waals surface area contributed by atoms with Crippen molar-refractivity contribution in [2.75, 3.05) is 0 Å². The highest BCUT2D eigenvalue weighted by atomic mass is 32.1. The van der Waals surface area contributed by atoms with Gasteiger partial charge in [-0.25, -0.2) is 4.98 Å². The minimum atomic E-state index is -0.130. The van der Waals surface area contributed by atoms with Gasteiger partial charge in [-0.1, -0.05) is 13.8 Å². The molecular formula is C15H21N5OS. The average molecular weight is 319 g/mol. The number of nitrogens with one attached hydrogen (secondary N) is 1. The number of hydrogen-bond acceptors (Lipinski definition) is 5. The summed E-state index contributed by atoms with van der Waals surface area (Å²) in [6, 6.07) is -0.130. The standard InChI is InChI=1S/C15H21N5OS/c1-9(2)15-17-11(8-22-15)7-13(21)16-10(3)14-19-18-12-5-4-6-20(12)14/h8-10H,4-7H2,1-3H3,(H,16,21). The van der Waals surface area contributed by atoms with Crippen LogP contribution in [0.15, 0.2) is 5.38 Å². The highest BCUT2D eigenvalue weighted by molar-refractivity contribution is 7.09. The van der Waals surface area contributed by atoms with Crippen LogP contribution in [0.3, 0.4) is 0 Å². The summed E-state index contributed by atoms with van der Waals surface area (Å²) in [5, 5.41) is 14.4. The van der Waals surface area contributed by atoms with E-state index in [1.165, 1.54) is 0 Å². The maximum atomic E-state index is 12.2. The first-order valence-electron chi connectivity index (χ1n) is 7.70. The molecule has 6 nitrogen and oxygen atoms in total. The second kappa shape index (κ2) is 6.16. The highest BCUT2D eigenvalue weighted by Crippen LogP contribution is 2.21. The van der Waals surface area contributed by atoms with Gasteiger partial charge >= 0.3 is 0 Å². The van der Waals surface area contributed by atoms with Gasteiger partial charge in [0.1, 0.15) is 5.82 Å². The molecule has 1 aliphatic heterocycles. The van der Waals surface area contributed by atoms with E-state index in [0.29, 0.717) is 12.3 Å². The zero-order chi connectivity index (χ0) is 15.7. The Morgan fingerprint density at radius 2 is 2.23 bits per heavy atom. The summed E-state index contributed by atoms with van der Waals surface area (Å²) < 4.78 is 2.12. The molecule has 1 atom stereocenters. The molecule has 0 bridgehead atoms. The van der Waals surface area contributed by atoms with Crippen molar-refractivity contribution < 1.29 is 4.79 Å². The molecule has 0 radical (unpaired) electrons. The number of nitrogens with zero attached hydrogens (tertiary/aromatic N) is 4. The van der Waals surface area contributed by atoms with Crippen LogP contribution in [0, 0.1) is 0 Å². The first kappa shape index (κ1) is 15.1. The van der Waals surface area contributed by atoms with Crippen LogP contribution in [0.2, 0.25) is 0 Å². The highest BCUT2D eigenvalue weighted by Gasteiger charge is 2.22. The van der Waals surface area contributed by atoms with Gasteiger partial charge < -0.3 is 9.88 Å². The van der Waals surface area contributed by atoms with Crippen molar-refractivity contribution >= 4 is 17.2 Å². The lowest BCUT2D eigenvalue weighted by Gasteiger charge is -2.13. The van der Waals surface area contributed by atoms with Crippen LogP contribution < -0.4 is 5.32 Å². The summed E-state index contributed by atoms with van der Waals surface area (Å²) in [7, 11) is 0. The number of aryl methyl sites for hydroxylation is 1. The molecule has 2 aromatic heterocycles. The molecular weight excluding hydrogens is 298 g/mol. The third kappa shape index (κ3) is 3.04. The Bertz CT molecular complexity index is 675. The van der Waals surface area contributed by atoms with E-state index in [1.807, 2.05) is 12.3 Å². The Hall–Kier alpha value is -1.76. The van der Waals surface area contributed by atoms with Gasteiger partial charge in [0, 0.05) is 24.3 Å². The van der Waals surface area contributed by atoms with E-state index in [4.69, 9.17) is 0 Å². The molecule has 0 aromatic carbocycles. The van der Waals surface area contributed by atoms with Crippen LogP contribution in [0.5, 0.6) is 0 Å². The SMILES string of the molecule is CC(C)c1nc(CC(=O)NC(C)c2nnc3n2CCC3)cs1. The monoisotopic (exact) mass is 319 g/mol. The topological polar surface area (TPSA) is 72.7 Å². The molecule has 22 heavy (non-hydrogen) atoms. The van der Waals surface area contributed by atoms with Gasteiger partial charge in [-0.3, -0.25) is 4.79 Å². The van der Waals surface area contributed by atoms with Crippen molar-refractivity contribution in [3.63, 3.8) is 0 Å². The summed E-state index contributed by atoms with van der Waals surface area (Å²) >= 11 is 1.61. The molecule has 1 unspecified atom stereocenters. The number of hydrogen-bond donors (Lipinski definition) is 1. The molecule has 1 N–H and O–H groups in total. The van der Waals surface area contributed by atoms with Crippen molar-refractivity contribution in [1.29, 1.82) is 0 Å². The molecule has 0 aliphatic carbocycles. The van der Waals surface area contributed by atoms with Gasteiger partial charge in [0.25, 0.3) is 0 Å². The maximum Gasteiger partial charge on any atom is 0.226 e. The van der Waals surface area contributed by atoms with Crippen molar-refractivity contribution in [3.05, 3.63) is 27.7 Å². The molecule has 2 aromatic rings. The van der Waals surface area contributed by atoms with E-state index in [9.17, 15) is 4.79 Å². The Morgan fingerprint density at radius 1 is 1.41 bits per heavy atom. The van der Waals surface area contributed by atoms with Gasteiger partial charge in [-0.2, -0.15) is 0 Å².